The fourth-order valence-corrected chi connectivity index (χ4v) is 6.55. The van der Waals surface area contributed by atoms with Gasteiger partial charge in [-0.2, -0.15) is 4.31 Å². The van der Waals surface area contributed by atoms with Crippen molar-refractivity contribution < 1.29 is 17.9 Å². The number of ether oxygens (including phenoxy) is 2. The normalized spacial score (nSPS) is 17.8. The van der Waals surface area contributed by atoms with Crippen LogP contribution in [-0.4, -0.2) is 44.6 Å². The van der Waals surface area contributed by atoms with Gasteiger partial charge in [-0.1, -0.05) is 12.1 Å². The molecule has 3 aromatic rings. The van der Waals surface area contributed by atoms with Crippen LogP contribution in [0.1, 0.15) is 29.5 Å². The van der Waals surface area contributed by atoms with Crippen LogP contribution >= 0.6 is 11.3 Å². The van der Waals surface area contributed by atoms with Crippen molar-refractivity contribution in [1.82, 2.24) is 9.29 Å². The zero-order valence-electron chi connectivity index (χ0n) is 16.5. The van der Waals surface area contributed by atoms with Crippen molar-refractivity contribution >= 4 is 31.6 Å². The second-order valence-electron chi connectivity index (χ2n) is 7.06. The van der Waals surface area contributed by atoms with Crippen molar-refractivity contribution in [3.8, 4) is 5.75 Å². The first kappa shape index (κ1) is 20.3. The van der Waals surface area contributed by atoms with Gasteiger partial charge in [-0.3, -0.25) is 0 Å². The molecule has 0 radical (unpaired) electrons. The zero-order valence-corrected chi connectivity index (χ0v) is 18.1. The van der Waals surface area contributed by atoms with Gasteiger partial charge in [0, 0.05) is 13.7 Å². The average Bonchev–Trinajstić information content (AvgIpc) is 3.36. The molecule has 154 valence electrons. The summed E-state index contributed by atoms with van der Waals surface area (Å²) < 4.78 is 40.1. The molecular weight excluding hydrogens is 408 g/mol. The monoisotopic (exact) mass is 432 g/mol. The second-order valence-corrected chi connectivity index (χ2v) is 10.0. The number of sulfonamides is 1. The molecular formula is C21H24N2O4S2. The Morgan fingerprint density at radius 3 is 2.79 bits per heavy atom. The number of hydrogen-bond acceptors (Lipinski definition) is 6. The van der Waals surface area contributed by atoms with E-state index in [1.165, 1.54) is 0 Å². The quantitative estimate of drug-likeness (QED) is 0.525. The van der Waals surface area contributed by atoms with Gasteiger partial charge < -0.3 is 9.47 Å². The minimum absolute atomic E-state index is 0.213. The number of fused-ring (bicyclic) bond motifs is 1. The molecule has 29 heavy (non-hydrogen) atoms. The molecule has 1 unspecified atom stereocenters. The van der Waals surface area contributed by atoms with Gasteiger partial charge in [-0.25, -0.2) is 13.4 Å². The number of aromatic nitrogens is 1. The van der Waals surface area contributed by atoms with Gasteiger partial charge in [0.15, 0.2) is 0 Å². The summed E-state index contributed by atoms with van der Waals surface area (Å²) in [4.78, 5) is 5.00. The Balaban J connectivity index is 1.61. The number of rotatable bonds is 7. The SMILES string of the molecule is COCCOc1ccc(S(=O)(=O)N2CCCC2c2nc3ccccc3s2)cc1C. The highest BCUT2D eigenvalue weighted by molar-refractivity contribution is 7.89. The van der Waals surface area contributed by atoms with Crippen molar-refractivity contribution in [2.75, 3.05) is 26.9 Å². The molecule has 1 saturated heterocycles. The highest BCUT2D eigenvalue weighted by Crippen LogP contribution is 2.40. The van der Waals surface area contributed by atoms with Gasteiger partial charge in [-0.05, 0) is 55.7 Å². The van der Waals surface area contributed by atoms with Crippen LogP contribution in [0.5, 0.6) is 5.75 Å². The van der Waals surface area contributed by atoms with Crippen LogP contribution < -0.4 is 4.74 Å². The zero-order chi connectivity index (χ0) is 20.4. The third-order valence-electron chi connectivity index (χ3n) is 5.10. The number of methoxy groups -OCH3 is 1. The van der Waals surface area contributed by atoms with Crippen LogP contribution in [0.25, 0.3) is 10.2 Å². The van der Waals surface area contributed by atoms with Gasteiger partial charge >= 0.3 is 0 Å². The maximum Gasteiger partial charge on any atom is 0.243 e. The number of thiazole rings is 1. The van der Waals surface area contributed by atoms with Crippen LogP contribution in [-0.2, 0) is 14.8 Å². The Bertz CT molecular complexity index is 1080. The van der Waals surface area contributed by atoms with Gasteiger partial charge in [0.1, 0.15) is 17.4 Å². The van der Waals surface area contributed by atoms with Gasteiger partial charge in [0.05, 0.1) is 27.8 Å². The van der Waals surface area contributed by atoms with E-state index in [0.29, 0.717) is 30.4 Å². The van der Waals surface area contributed by atoms with Crippen LogP contribution in [0, 0.1) is 6.92 Å². The van der Waals surface area contributed by atoms with Crippen molar-refractivity contribution in [2.24, 2.45) is 0 Å². The van der Waals surface area contributed by atoms with E-state index in [1.807, 2.05) is 31.2 Å². The summed E-state index contributed by atoms with van der Waals surface area (Å²) in [7, 11) is -2.00. The Hall–Kier alpha value is -2.00. The Kier molecular flexibility index (Phi) is 5.87. The van der Waals surface area contributed by atoms with E-state index in [0.717, 1.165) is 33.6 Å². The average molecular weight is 433 g/mol. The molecule has 0 amide bonds. The first-order valence-corrected chi connectivity index (χ1v) is 11.9. The van der Waals surface area contributed by atoms with Gasteiger partial charge in [0.2, 0.25) is 10.0 Å². The molecule has 1 atom stereocenters. The predicted molar refractivity (Wildman–Crippen MR) is 114 cm³/mol. The highest BCUT2D eigenvalue weighted by Gasteiger charge is 2.38. The molecule has 8 heteroatoms. The lowest BCUT2D eigenvalue weighted by Crippen LogP contribution is -2.30. The van der Waals surface area contributed by atoms with Crippen molar-refractivity contribution in [2.45, 2.75) is 30.7 Å². The van der Waals surface area contributed by atoms with Gasteiger partial charge in [-0.15, -0.1) is 11.3 Å². The molecule has 4 rings (SSSR count). The van der Waals surface area contributed by atoms with E-state index in [1.54, 1.807) is 41.0 Å². The molecule has 2 aromatic carbocycles. The number of nitrogens with zero attached hydrogens (tertiary/aromatic N) is 2. The lowest BCUT2D eigenvalue weighted by atomic mass is 10.2. The fourth-order valence-electron chi connectivity index (χ4n) is 3.62. The molecule has 1 aromatic heterocycles. The summed E-state index contributed by atoms with van der Waals surface area (Å²) in [5, 5.41) is 0.864. The first-order valence-electron chi connectivity index (χ1n) is 9.60. The summed E-state index contributed by atoms with van der Waals surface area (Å²) in [5.41, 5.74) is 1.71. The minimum Gasteiger partial charge on any atom is -0.491 e. The topological polar surface area (TPSA) is 68.7 Å². The molecule has 0 saturated carbocycles. The molecule has 2 heterocycles. The van der Waals surface area contributed by atoms with Crippen molar-refractivity contribution in [3.05, 3.63) is 53.0 Å². The molecule has 1 aliphatic rings. The third kappa shape index (κ3) is 4.02. The largest absolute Gasteiger partial charge is 0.491 e. The van der Waals surface area contributed by atoms with Crippen LogP contribution in [0.2, 0.25) is 0 Å². The predicted octanol–water partition coefficient (Wildman–Crippen LogP) is 4.16. The molecule has 1 aliphatic heterocycles. The fraction of sp³-hybridized carbons (Fsp3) is 0.381. The van der Waals surface area contributed by atoms with E-state index in [2.05, 4.69) is 0 Å². The van der Waals surface area contributed by atoms with Gasteiger partial charge in [0.25, 0.3) is 0 Å². The van der Waals surface area contributed by atoms with Crippen LogP contribution in [0.4, 0.5) is 0 Å². The highest BCUT2D eigenvalue weighted by atomic mass is 32.2. The number of aryl methyl sites for hydroxylation is 1. The third-order valence-corrected chi connectivity index (χ3v) is 8.14. The Morgan fingerprint density at radius 2 is 2.03 bits per heavy atom. The molecule has 0 spiro atoms. The summed E-state index contributed by atoms with van der Waals surface area (Å²) in [6.07, 6.45) is 1.62. The number of para-hydroxylation sites is 1. The van der Waals surface area contributed by atoms with E-state index < -0.39 is 10.0 Å². The maximum absolute atomic E-state index is 13.4. The minimum atomic E-state index is -3.62. The number of hydrogen-bond donors (Lipinski definition) is 0. The lowest BCUT2D eigenvalue weighted by molar-refractivity contribution is 0.146. The van der Waals surface area contributed by atoms with E-state index in [9.17, 15) is 8.42 Å². The summed E-state index contributed by atoms with van der Waals surface area (Å²) >= 11 is 1.58. The number of benzene rings is 2. The van der Waals surface area contributed by atoms with Crippen LogP contribution in [0.3, 0.4) is 0 Å². The van der Waals surface area contributed by atoms with E-state index in [-0.39, 0.29) is 6.04 Å². The van der Waals surface area contributed by atoms with Crippen molar-refractivity contribution in [1.29, 1.82) is 0 Å². The molecule has 0 bridgehead atoms. The summed E-state index contributed by atoms with van der Waals surface area (Å²) in [6.45, 7) is 3.27. The smallest absolute Gasteiger partial charge is 0.243 e. The molecule has 0 N–H and O–H groups in total. The van der Waals surface area contributed by atoms with Crippen LogP contribution in [0.15, 0.2) is 47.4 Å². The molecule has 1 fully saturated rings. The Labute approximate surface area is 175 Å². The van der Waals surface area contributed by atoms with E-state index in [4.69, 9.17) is 14.5 Å². The second kappa shape index (κ2) is 8.39. The Morgan fingerprint density at radius 1 is 1.21 bits per heavy atom. The summed E-state index contributed by atoms with van der Waals surface area (Å²) in [6, 6.07) is 12.7. The molecule has 0 aliphatic carbocycles. The first-order chi connectivity index (χ1) is 14.0. The molecule has 6 nitrogen and oxygen atoms in total. The maximum atomic E-state index is 13.4. The standard InChI is InChI=1S/C21H24N2O4S2/c1-15-14-16(9-10-19(15)27-13-12-26-2)29(24,25)23-11-5-7-18(23)21-22-17-6-3-4-8-20(17)28-21/h3-4,6,8-10,14,18H,5,7,11-13H2,1-2H3. The lowest BCUT2D eigenvalue weighted by Gasteiger charge is -2.23. The summed E-state index contributed by atoms with van der Waals surface area (Å²) in [5.74, 6) is 0.671. The van der Waals surface area contributed by atoms with Crippen molar-refractivity contribution in [3.63, 3.8) is 0 Å². The van der Waals surface area contributed by atoms with E-state index >= 15 is 0 Å².